The number of anilines is 1. The Morgan fingerprint density at radius 1 is 1.19 bits per heavy atom. The minimum absolute atomic E-state index is 0.345. The van der Waals surface area contributed by atoms with Crippen LogP contribution < -0.4 is 10.1 Å². The summed E-state index contributed by atoms with van der Waals surface area (Å²) in [5, 5.41) is 14.3. The largest absolute Gasteiger partial charge is 0.496 e. The molecule has 9 heteroatoms. The third kappa shape index (κ3) is 3.28. The maximum absolute atomic E-state index is 14.6. The molecule has 0 fully saturated rings. The van der Waals surface area contributed by atoms with Crippen molar-refractivity contribution in [1.82, 2.24) is 24.5 Å². The zero-order valence-corrected chi connectivity index (χ0v) is 17.1. The minimum atomic E-state index is -0.403. The maximum atomic E-state index is 14.6. The number of rotatable bonds is 6. The van der Waals surface area contributed by atoms with Gasteiger partial charge in [-0.05, 0) is 30.3 Å². The molecule has 0 aliphatic carbocycles. The molecule has 4 aromatic heterocycles. The molecule has 2 N–H and O–H groups in total. The molecule has 0 radical (unpaired) electrons. The topological polar surface area (TPSA) is 104 Å². The molecule has 0 saturated heterocycles. The molecule has 32 heavy (non-hydrogen) atoms. The van der Waals surface area contributed by atoms with Gasteiger partial charge in [0, 0.05) is 47.9 Å². The summed E-state index contributed by atoms with van der Waals surface area (Å²) in [4.78, 5) is 16.1. The van der Waals surface area contributed by atoms with Crippen molar-refractivity contribution in [2.24, 2.45) is 0 Å². The second-order valence-corrected chi connectivity index (χ2v) is 7.12. The summed E-state index contributed by atoms with van der Waals surface area (Å²) < 4.78 is 21.5. The van der Waals surface area contributed by atoms with Crippen molar-refractivity contribution < 1.29 is 9.13 Å². The van der Waals surface area contributed by atoms with E-state index in [9.17, 15) is 9.65 Å². The number of halogens is 1. The Hall–Kier alpha value is -4.45. The number of ether oxygens (including phenoxy) is 1. The lowest BCUT2D eigenvalue weighted by atomic mass is 10.1. The smallest absolute Gasteiger partial charge is 0.147 e. The lowest BCUT2D eigenvalue weighted by molar-refractivity contribution is 0.419. The monoisotopic (exact) mass is 427 g/mol. The van der Waals surface area contributed by atoms with Crippen LogP contribution >= 0.6 is 0 Å². The predicted molar refractivity (Wildman–Crippen MR) is 119 cm³/mol. The Morgan fingerprint density at radius 2 is 2.09 bits per heavy atom. The van der Waals surface area contributed by atoms with E-state index in [-0.39, 0.29) is 0 Å². The Bertz CT molecular complexity index is 1480. The van der Waals surface area contributed by atoms with E-state index in [1.165, 1.54) is 19.5 Å². The summed E-state index contributed by atoms with van der Waals surface area (Å²) >= 11 is 0. The lowest BCUT2D eigenvalue weighted by Crippen LogP contribution is -2.13. The van der Waals surface area contributed by atoms with Crippen molar-refractivity contribution in [2.75, 3.05) is 19.0 Å². The van der Waals surface area contributed by atoms with E-state index in [0.29, 0.717) is 41.3 Å². The highest BCUT2D eigenvalue weighted by Crippen LogP contribution is 2.31. The number of aromatic amines is 1. The summed E-state index contributed by atoms with van der Waals surface area (Å²) in [6.45, 7) is 0.799. The maximum Gasteiger partial charge on any atom is 0.147 e. The Labute approximate surface area is 182 Å². The van der Waals surface area contributed by atoms with E-state index in [1.54, 1.807) is 22.9 Å². The highest BCUT2D eigenvalue weighted by Gasteiger charge is 2.16. The zero-order valence-electron chi connectivity index (χ0n) is 17.1. The van der Waals surface area contributed by atoms with Crippen molar-refractivity contribution in [2.45, 2.75) is 6.54 Å². The zero-order chi connectivity index (χ0) is 22.1. The number of nitrogens with one attached hydrogen (secondary N) is 2. The molecule has 158 valence electrons. The molecule has 0 amide bonds. The van der Waals surface area contributed by atoms with Gasteiger partial charge in [-0.2, -0.15) is 5.26 Å². The second kappa shape index (κ2) is 8.00. The molecule has 1 aromatic carbocycles. The number of benzene rings is 1. The fourth-order valence-corrected chi connectivity index (χ4v) is 3.88. The first kappa shape index (κ1) is 19.5. The van der Waals surface area contributed by atoms with Crippen LogP contribution in [0.15, 0.2) is 55.1 Å². The van der Waals surface area contributed by atoms with Gasteiger partial charge in [0.2, 0.25) is 0 Å². The molecule has 5 aromatic rings. The van der Waals surface area contributed by atoms with Crippen molar-refractivity contribution in [3.63, 3.8) is 0 Å². The van der Waals surface area contributed by atoms with Crippen LogP contribution in [0.4, 0.5) is 10.2 Å². The van der Waals surface area contributed by atoms with Gasteiger partial charge in [0.05, 0.1) is 18.3 Å². The van der Waals surface area contributed by atoms with Crippen LogP contribution in [0.2, 0.25) is 0 Å². The summed E-state index contributed by atoms with van der Waals surface area (Å²) in [7, 11) is 1.52. The van der Waals surface area contributed by atoms with E-state index in [0.717, 1.165) is 22.3 Å². The summed E-state index contributed by atoms with van der Waals surface area (Å²) in [6, 6.07) is 12.4. The number of nitriles is 1. The van der Waals surface area contributed by atoms with Crippen molar-refractivity contribution in [3.05, 3.63) is 66.6 Å². The predicted octanol–water partition coefficient (Wildman–Crippen LogP) is 4.11. The van der Waals surface area contributed by atoms with Gasteiger partial charge in [-0.3, -0.25) is 0 Å². The van der Waals surface area contributed by atoms with Gasteiger partial charge >= 0.3 is 0 Å². The van der Waals surface area contributed by atoms with E-state index in [2.05, 4.69) is 31.3 Å². The summed E-state index contributed by atoms with van der Waals surface area (Å²) in [6.07, 6.45) is 5.09. The average Bonchev–Trinajstić information content (AvgIpc) is 3.42. The van der Waals surface area contributed by atoms with Crippen molar-refractivity contribution >= 4 is 27.8 Å². The Kier molecular flexibility index (Phi) is 4.88. The lowest BCUT2D eigenvalue weighted by Gasteiger charge is -2.11. The third-order valence-electron chi connectivity index (χ3n) is 5.34. The summed E-state index contributed by atoms with van der Waals surface area (Å²) in [5.74, 6) is 0.749. The average molecular weight is 427 g/mol. The molecular weight excluding hydrogens is 409 g/mol. The molecule has 0 saturated carbocycles. The number of pyridine rings is 1. The molecule has 5 rings (SSSR count). The number of nitrogens with zero attached hydrogens (tertiary/aromatic N) is 5. The number of hydrogen-bond donors (Lipinski definition) is 2. The number of aromatic nitrogens is 5. The van der Waals surface area contributed by atoms with Crippen LogP contribution in [-0.2, 0) is 6.54 Å². The first-order valence-electron chi connectivity index (χ1n) is 9.94. The summed E-state index contributed by atoms with van der Waals surface area (Å²) in [5.41, 5.74) is 3.17. The van der Waals surface area contributed by atoms with Gasteiger partial charge in [0.15, 0.2) is 0 Å². The number of fused-ring (bicyclic) bond motifs is 2. The SMILES string of the molecule is COc1ccc(F)c2c1cc(C#N)n2CCNc1cc(-c2c[nH]c3ncccc23)ncn1. The quantitative estimate of drug-likeness (QED) is 0.423. The van der Waals surface area contributed by atoms with Gasteiger partial charge in [-0.15, -0.1) is 0 Å². The second-order valence-electron chi connectivity index (χ2n) is 7.12. The van der Waals surface area contributed by atoms with Crippen LogP contribution in [-0.4, -0.2) is 38.2 Å². The van der Waals surface area contributed by atoms with Gasteiger partial charge in [-0.1, -0.05) is 0 Å². The van der Waals surface area contributed by atoms with Gasteiger partial charge in [-0.25, -0.2) is 19.3 Å². The van der Waals surface area contributed by atoms with Gasteiger partial charge in [0.1, 0.15) is 41.1 Å². The van der Waals surface area contributed by atoms with Crippen molar-refractivity contribution in [3.8, 4) is 23.1 Å². The first-order valence-corrected chi connectivity index (χ1v) is 9.94. The van der Waals surface area contributed by atoms with Crippen molar-refractivity contribution in [1.29, 1.82) is 5.26 Å². The van der Waals surface area contributed by atoms with Crippen LogP contribution in [0.25, 0.3) is 33.2 Å². The third-order valence-corrected chi connectivity index (χ3v) is 5.34. The van der Waals surface area contributed by atoms with Gasteiger partial charge in [0.25, 0.3) is 0 Å². The number of hydrogen-bond acceptors (Lipinski definition) is 6. The molecule has 8 nitrogen and oxygen atoms in total. The highest BCUT2D eigenvalue weighted by atomic mass is 19.1. The Morgan fingerprint density at radius 3 is 2.94 bits per heavy atom. The fourth-order valence-electron chi connectivity index (χ4n) is 3.88. The molecule has 0 aliphatic heterocycles. The Balaban J connectivity index is 1.39. The van der Waals surface area contributed by atoms with E-state index in [4.69, 9.17) is 4.74 Å². The van der Waals surface area contributed by atoms with Crippen LogP contribution in [0.3, 0.4) is 0 Å². The highest BCUT2D eigenvalue weighted by molar-refractivity contribution is 5.92. The first-order chi connectivity index (χ1) is 15.7. The minimum Gasteiger partial charge on any atom is -0.496 e. The van der Waals surface area contributed by atoms with E-state index < -0.39 is 5.82 Å². The number of methoxy groups -OCH3 is 1. The van der Waals surface area contributed by atoms with Gasteiger partial charge < -0.3 is 19.6 Å². The van der Waals surface area contributed by atoms with E-state index in [1.807, 2.05) is 24.4 Å². The standard InChI is InChI=1S/C23H18FN7O/c1-32-20-5-4-18(24)22-16(20)9-14(11-25)31(22)8-7-26-21-10-19(29-13-30-21)17-12-28-23-15(17)3-2-6-27-23/h2-6,9-10,12-13H,7-8H2,1H3,(H,27,28)(H,26,29,30). The van der Waals surface area contributed by atoms with Crippen LogP contribution in [0.1, 0.15) is 5.69 Å². The fraction of sp³-hybridized carbons (Fsp3) is 0.130. The molecule has 0 aliphatic rings. The molecular formula is C23H18FN7O. The molecule has 4 heterocycles. The van der Waals surface area contributed by atoms with Crippen LogP contribution in [0, 0.1) is 17.1 Å². The number of H-pyrrole nitrogens is 1. The molecule has 0 spiro atoms. The molecule has 0 unspecified atom stereocenters. The normalized spacial score (nSPS) is 11.0. The molecule has 0 atom stereocenters. The van der Waals surface area contributed by atoms with Crippen LogP contribution in [0.5, 0.6) is 5.75 Å². The molecule has 0 bridgehead atoms. The van der Waals surface area contributed by atoms with E-state index >= 15 is 0 Å².